The largest absolute Gasteiger partial charge is 0.508 e. The average molecular weight is 294 g/mol. The van der Waals surface area contributed by atoms with Crippen LogP contribution in [0.5, 0.6) is 5.75 Å². The predicted octanol–water partition coefficient (Wildman–Crippen LogP) is 3.95. The predicted molar refractivity (Wildman–Crippen MR) is 86.3 cm³/mol. The molecular formula is C19H18O3. The Kier molecular flexibility index (Phi) is 3.28. The van der Waals surface area contributed by atoms with Gasteiger partial charge in [-0.15, -0.1) is 0 Å². The Hall–Kier alpha value is -2.55. The number of ketones is 1. The van der Waals surface area contributed by atoms with Crippen LogP contribution in [0, 0.1) is 6.92 Å². The zero-order valence-electron chi connectivity index (χ0n) is 12.9. The van der Waals surface area contributed by atoms with Crippen molar-refractivity contribution in [3.8, 4) is 5.75 Å². The number of phenolic OH excluding ortho intramolecular Hbond substituents is 1. The van der Waals surface area contributed by atoms with Gasteiger partial charge >= 0.3 is 0 Å². The van der Waals surface area contributed by atoms with Crippen molar-refractivity contribution in [1.82, 2.24) is 0 Å². The first-order valence-electron chi connectivity index (χ1n) is 7.23. The van der Waals surface area contributed by atoms with E-state index in [4.69, 9.17) is 4.74 Å². The molecule has 0 saturated heterocycles. The summed E-state index contributed by atoms with van der Waals surface area (Å²) in [6.45, 7) is 5.57. The zero-order chi connectivity index (χ0) is 15.9. The molecule has 1 aliphatic heterocycles. The molecule has 1 N–H and O–H groups in total. The van der Waals surface area contributed by atoms with Crippen molar-refractivity contribution < 1.29 is 14.6 Å². The third-order valence-electron chi connectivity index (χ3n) is 3.83. The lowest BCUT2D eigenvalue weighted by Gasteiger charge is -2.17. The van der Waals surface area contributed by atoms with Gasteiger partial charge in [0.1, 0.15) is 11.5 Å². The highest BCUT2D eigenvalue weighted by molar-refractivity contribution is 6.32. The molecule has 0 atom stereocenters. The van der Waals surface area contributed by atoms with Gasteiger partial charge in [-0.05, 0) is 38.5 Å². The van der Waals surface area contributed by atoms with E-state index < -0.39 is 5.60 Å². The number of hydrogen-bond donors (Lipinski definition) is 1. The van der Waals surface area contributed by atoms with Crippen molar-refractivity contribution in [2.24, 2.45) is 0 Å². The van der Waals surface area contributed by atoms with Crippen LogP contribution < -0.4 is 0 Å². The molecule has 0 aliphatic carbocycles. The zero-order valence-corrected chi connectivity index (χ0v) is 12.9. The normalized spacial score (nSPS) is 16.8. The van der Waals surface area contributed by atoms with Gasteiger partial charge in [0.25, 0.3) is 0 Å². The van der Waals surface area contributed by atoms with Crippen LogP contribution in [0.3, 0.4) is 0 Å². The van der Waals surface area contributed by atoms with Crippen molar-refractivity contribution in [3.63, 3.8) is 0 Å². The number of aryl methyl sites for hydroxylation is 1. The van der Waals surface area contributed by atoms with Crippen LogP contribution in [0.1, 0.15) is 30.5 Å². The number of carbonyl (C=O) groups is 1. The van der Waals surface area contributed by atoms with E-state index in [0.29, 0.717) is 11.3 Å². The van der Waals surface area contributed by atoms with E-state index >= 15 is 0 Å². The summed E-state index contributed by atoms with van der Waals surface area (Å²) in [4.78, 5) is 12.7. The molecule has 0 bridgehead atoms. The van der Waals surface area contributed by atoms with E-state index in [1.807, 2.05) is 31.2 Å². The number of phenols is 1. The van der Waals surface area contributed by atoms with E-state index in [-0.39, 0.29) is 11.5 Å². The van der Waals surface area contributed by atoms with Crippen LogP contribution in [-0.2, 0) is 9.53 Å². The van der Waals surface area contributed by atoms with E-state index in [2.05, 4.69) is 0 Å². The molecule has 2 aromatic carbocycles. The number of benzene rings is 2. The van der Waals surface area contributed by atoms with Gasteiger partial charge in [-0.2, -0.15) is 0 Å². The maximum atomic E-state index is 12.7. The van der Waals surface area contributed by atoms with Gasteiger partial charge < -0.3 is 9.84 Å². The van der Waals surface area contributed by atoms with Crippen LogP contribution in [0.15, 0.2) is 48.5 Å². The summed E-state index contributed by atoms with van der Waals surface area (Å²) in [6.07, 6.45) is 0. The van der Waals surface area contributed by atoms with E-state index in [1.165, 1.54) is 0 Å². The van der Waals surface area contributed by atoms with Crippen molar-refractivity contribution in [1.29, 1.82) is 0 Å². The lowest BCUT2D eigenvalue weighted by molar-refractivity contribution is -0.125. The molecule has 22 heavy (non-hydrogen) atoms. The topological polar surface area (TPSA) is 46.5 Å². The highest BCUT2D eigenvalue weighted by Gasteiger charge is 2.42. The molecule has 112 valence electrons. The van der Waals surface area contributed by atoms with E-state index in [9.17, 15) is 9.90 Å². The standard InChI is InChI=1S/C19H18O3/c1-12-4-6-14(7-5-12)17-16(18(21)19(2,3)22-17)13-8-10-15(20)11-9-13/h4-11,20H,1-3H3. The minimum absolute atomic E-state index is 0.0474. The Morgan fingerprint density at radius 1 is 0.909 bits per heavy atom. The molecule has 0 spiro atoms. The number of hydrogen-bond acceptors (Lipinski definition) is 3. The Morgan fingerprint density at radius 3 is 2.05 bits per heavy atom. The lowest BCUT2D eigenvalue weighted by atomic mass is 9.92. The molecule has 3 nitrogen and oxygen atoms in total. The summed E-state index contributed by atoms with van der Waals surface area (Å²) < 4.78 is 5.95. The molecule has 1 aliphatic rings. The molecule has 3 heteroatoms. The second-order valence-corrected chi connectivity index (χ2v) is 6.06. The molecule has 0 radical (unpaired) electrons. The SMILES string of the molecule is Cc1ccc(C2=C(c3ccc(O)cc3)C(=O)C(C)(C)O2)cc1. The first kappa shape index (κ1) is 14.4. The first-order chi connectivity index (χ1) is 10.4. The minimum Gasteiger partial charge on any atom is -0.508 e. The highest BCUT2D eigenvalue weighted by atomic mass is 16.5. The van der Waals surface area contributed by atoms with Crippen LogP contribution in [0.25, 0.3) is 11.3 Å². The van der Waals surface area contributed by atoms with Crippen molar-refractivity contribution in [2.45, 2.75) is 26.4 Å². The first-order valence-corrected chi connectivity index (χ1v) is 7.23. The Labute approximate surface area is 129 Å². The quantitative estimate of drug-likeness (QED) is 0.912. The Morgan fingerprint density at radius 2 is 1.45 bits per heavy atom. The number of rotatable bonds is 2. The van der Waals surface area contributed by atoms with Crippen molar-refractivity contribution in [3.05, 3.63) is 65.2 Å². The summed E-state index contributed by atoms with van der Waals surface area (Å²) in [5.41, 5.74) is 2.47. The maximum absolute atomic E-state index is 12.7. The van der Waals surface area contributed by atoms with Crippen molar-refractivity contribution >= 4 is 17.1 Å². The van der Waals surface area contributed by atoms with Gasteiger partial charge in [0.05, 0.1) is 5.57 Å². The van der Waals surface area contributed by atoms with Gasteiger partial charge in [-0.1, -0.05) is 42.0 Å². The summed E-state index contributed by atoms with van der Waals surface area (Å²) in [6, 6.07) is 14.5. The lowest BCUT2D eigenvalue weighted by Crippen LogP contribution is -2.29. The molecule has 1 heterocycles. The number of Topliss-reactive ketones (excluding diaryl/α,β-unsaturated/α-hetero) is 1. The molecule has 3 rings (SSSR count). The van der Waals surface area contributed by atoms with Gasteiger partial charge in [-0.3, -0.25) is 4.79 Å². The monoisotopic (exact) mass is 294 g/mol. The number of aromatic hydroxyl groups is 1. The van der Waals surface area contributed by atoms with Gasteiger partial charge in [0.2, 0.25) is 5.78 Å². The number of ether oxygens (including phenoxy) is 1. The fraction of sp³-hybridized carbons (Fsp3) is 0.211. The number of carbonyl (C=O) groups excluding carboxylic acids is 1. The van der Waals surface area contributed by atoms with Crippen LogP contribution in [0.2, 0.25) is 0 Å². The summed E-state index contributed by atoms with van der Waals surface area (Å²) in [5, 5.41) is 9.45. The Balaban J connectivity index is 2.18. The molecule has 0 aromatic heterocycles. The van der Waals surface area contributed by atoms with Crippen LogP contribution >= 0.6 is 0 Å². The van der Waals surface area contributed by atoms with E-state index in [1.54, 1.807) is 38.1 Å². The van der Waals surface area contributed by atoms with Gasteiger partial charge in [0, 0.05) is 5.56 Å². The third kappa shape index (κ3) is 2.39. The van der Waals surface area contributed by atoms with Crippen LogP contribution in [0.4, 0.5) is 0 Å². The second-order valence-electron chi connectivity index (χ2n) is 6.06. The fourth-order valence-electron chi connectivity index (χ4n) is 2.56. The summed E-state index contributed by atoms with van der Waals surface area (Å²) in [5.74, 6) is 0.723. The summed E-state index contributed by atoms with van der Waals surface area (Å²) >= 11 is 0. The summed E-state index contributed by atoms with van der Waals surface area (Å²) in [7, 11) is 0. The average Bonchev–Trinajstić information content (AvgIpc) is 2.72. The smallest absolute Gasteiger partial charge is 0.210 e. The van der Waals surface area contributed by atoms with Crippen LogP contribution in [-0.4, -0.2) is 16.5 Å². The molecular weight excluding hydrogens is 276 g/mol. The third-order valence-corrected chi connectivity index (χ3v) is 3.83. The molecule has 0 saturated carbocycles. The molecule has 2 aromatic rings. The van der Waals surface area contributed by atoms with Gasteiger partial charge in [0.15, 0.2) is 5.60 Å². The highest BCUT2D eigenvalue weighted by Crippen LogP contribution is 2.41. The van der Waals surface area contributed by atoms with Crippen molar-refractivity contribution in [2.75, 3.05) is 0 Å². The fourth-order valence-corrected chi connectivity index (χ4v) is 2.56. The second kappa shape index (κ2) is 5.02. The van der Waals surface area contributed by atoms with Gasteiger partial charge in [-0.25, -0.2) is 0 Å². The van der Waals surface area contributed by atoms with E-state index in [0.717, 1.165) is 16.7 Å². The molecule has 0 unspecified atom stereocenters. The minimum atomic E-state index is -0.882. The molecule has 0 fully saturated rings. The molecule has 0 amide bonds. The Bertz CT molecular complexity index is 750. The maximum Gasteiger partial charge on any atom is 0.210 e.